The number of carbonyl (C=O) groups is 1. The van der Waals surface area contributed by atoms with Crippen LogP contribution in [0.5, 0.6) is 11.5 Å². The van der Waals surface area contributed by atoms with E-state index in [-0.39, 0.29) is 11.7 Å². The molecule has 2 rings (SSSR count). The average Bonchev–Trinajstić information content (AvgIpc) is 2.65. The molecule has 29 heavy (non-hydrogen) atoms. The van der Waals surface area contributed by atoms with Gasteiger partial charge in [-0.25, -0.2) is 0 Å². The maximum Gasteiger partial charge on any atom is 0.306 e. The highest BCUT2D eigenvalue weighted by atomic mass is 32.2. The van der Waals surface area contributed by atoms with Crippen molar-refractivity contribution in [2.75, 3.05) is 19.9 Å². The Morgan fingerprint density at radius 1 is 0.966 bits per heavy atom. The van der Waals surface area contributed by atoms with Gasteiger partial charge in [0.1, 0.15) is 11.5 Å². The Morgan fingerprint density at radius 3 is 2.03 bits per heavy atom. The highest BCUT2D eigenvalue weighted by Gasteiger charge is 2.16. The summed E-state index contributed by atoms with van der Waals surface area (Å²) >= 11 is 0. The van der Waals surface area contributed by atoms with Crippen molar-refractivity contribution in [1.29, 1.82) is 0 Å². The Hall–Kier alpha value is -2.54. The molecule has 2 aromatic rings. The molecule has 0 radical (unpaired) electrons. The maximum absolute atomic E-state index is 12.9. The van der Waals surface area contributed by atoms with Crippen molar-refractivity contribution in [2.45, 2.75) is 33.2 Å². The van der Waals surface area contributed by atoms with Crippen molar-refractivity contribution in [3.05, 3.63) is 59.7 Å². The minimum atomic E-state index is -3.56. The Balaban J connectivity index is 2.08. The first-order chi connectivity index (χ1) is 13.7. The highest BCUT2D eigenvalue weighted by Crippen LogP contribution is 2.17. The molecule has 0 aliphatic heterocycles. The van der Waals surface area contributed by atoms with Gasteiger partial charge in [-0.3, -0.25) is 4.79 Å². The van der Waals surface area contributed by atoms with E-state index in [1.54, 1.807) is 31.4 Å². The van der Waals surface area contributed by atoms with Crippen LogP contribution < -0.4 is 8.92 Å². The summed E-state index contributed by atoms with van der Waals surface area (Å²) in [5.74, 6) is 1.55. The van der Waals surface area contributed by atoms with Gasteiger partial charge >= 0.3 is 10.1 Å². The minimum absolute atomic E-state index is 0.0484. The molecule has 0 atom stereocenters. The Bertz CT molecular complexity index is 890. The topological polar surface area (TPSA) is 72.9 Å². The second-order valence-corrected chi connectivity index (χ2v) is 9.03. The first-order valence-corrected chi connectivity index (χ1v) is 11.4. The minimum Gasteiger partial charge on any atom is -0.497 e. The molecule has 158 valence electrons. The van der Waals surface area contributed by atoms with Crippen LogP contribution >= 0.6 is 0 Å². The number of carbonyl (C=O) groups excluding carboxylic acids is 1. The van der Waals surface area contributed by atoms with Gasteiger partial charge in [0.25, 0.3) is 0 Å². The van der Waals surface area contributed by atoms with Crippen LogP contribution in [0.3, 0.4) is 0 Å². The molecule has 1 amide bonds. The number of nitrogens with zero attached hydrogens (tertiary/aromatic N) is 1. The molecule has 2 aromatic carbocycles. The van der Waals surface area contributed by atoms with Crippen LogP contribution in [0.15, 0.2) is 48.5 Å². The van der Waals surface area contributed by atoms with Crippen LogP contribution in [0.25, 0.3) is 0 Å². The molecule has 0 saturated heterocycles. The van der Waals surface area contributed by atoms with Crippen LogP contribution in [0.4, 0.5) is 0 Å². The van der Waals surface area contributed by atoms with Crippen LogP contribution in [0, 0.1) is 5.92 Å². The average molecular weight is 420 g/mol. The molecule has 0 bridgehead atoms. The SMILES string of the molecule is COc1ccc(CC(=O)N(CCC(C)C)Cc2ccc(OS(C)(=O)=O)cc2)cc1. The maximum atomic E-state index is 12.9. The molecule has 0 heterocycles. The molecule has 0 aromatic heterocycles. The molecule has 0 unspecified atom stereocenters. The van der Waals surface area contributed by atoms with Crippen molar-refractivity contribution in [2.24, 2.45) is 5.92 Å². The lowest BCUT2D eigenvalue weighted by molar-refractivity contribution is -0.131. The Labute approximate surface area is 173 Å². The standard InChI is InChI=1S/C22H29NO5S/c1-17(2)13-14-23(22(24)15-18-5-9-20(27-3)10-6-18)16-19-7-11-21(12-8-19)28-29(4,25)26/h5-12,17H,13-16H2,1-4H3. The summed E-state index contributed by atoms with van der Waals surface area (Å²) in [5.41, 5.74) is 1.85. The molecular formula is C22H29NO5S. The first kappa shape index (κ1) is 22.7. The smallest absolute Gasteiger partial charge is 0.306 e. The van der Waals surface area contributed by atoms with E-state index in [2.05, 4.69) is 13.8 Å². The molecule has 0 N–H and O–H groups in total. The van der Waals surface area contributed by atoms with Gasteiger partial charge in [0.05, 0.1) is 19.8 Å². The Kier molecular flexibility index (Phi) is 8.08. The summed E-state index contributed by atoms with van der Waals surface area (Å²) in [4.78, 5) is 14.8. The molecule has 7 heteroatoms. The summed E-state index contributed by atoms with van der Waals surface area (Å²) in [6.45, 7) is 5.38. The van der Waals surface area contributed by atoms with E-state index in [1.807, 2.05) is 29.2 Å². The lowest BCUT2D eigenvalue weighted by Crippen LogP contribution is -2.33. The van der Waals surface area contributed by atoms with E-state index in [0.29, 0.717) is 25.4 Å². The summed E-state index contributed by atoms with van der Waals surface area (Å²) < 4.78 is 32.5. The van der Waals surface area contributed by atoms with Gasteiger partial charge < -0.3 is 13.8 Å². The fraction of sp³-hybridized carbons (Fsp3) is 0.409. The quantitative estimate of drug-likeness (QED) is 0.550. The fourth-order valence-electron chi connectivity index (χ4n) is 2.78. The number of hydrogen-bond acceptors (Lipinski definition) is 5. The molecule has 0 fully saturated rings. The fourth-order valence-corrected chi connectivity index (χ4v) is 3.24. The van der Waals surface area contributed by atoms with Gasteiger partial charge in [0, 0.05) is 13.1 Å². The molecule has 0 spiro atoms. The summed E-state index contributed by atoms with van der Waals surface area (Å²) in [6, 6.07) is 14.3. The molecule has 0 aliphatic rings. The number of methoxy groups -OCH3 is 1. The van der Waals surface area contributed by atoms with Gasteiger partial charge in [-0.05, 0) is 47.7 Å². The number of ether oxygens (including phenoxy) is 1. The largest absolute Gasteiger partial charge is 0.497 e. The van der Waals surface area contributed by atoms with Crippen molar-refractivity contribution >= 4 is 16.0 Å². The zero-order valence-corrected chi connectivity index (χ0v) is 18.2. The summed E-state index contributed by atoms with van der Waals surface area (Å²) in [5, 5.41) is 0. The predicted octanol–water partition coefficient (Wildman–Crippen LogP) is 3.65. The Morgan fingerprint density at radius 2 is 1.52 bits per heavy atom. The number of hydrogen-bond donors (Lipinski definition) is 0. The lowest BCUT2D eigenvalue weighted by Gasteiger charge is -2.24. The molecular weight excluding hydrogens is 390 g/mol. The third-order valence-corrected chi connectivity index (χ3v) is 4.88. The van der Waals surface area contributed by atoms with Crippen molar-refractivity contribution in [3.63, 3.8) is 0 Å². The van der Waals surface area contributed by atoms with Gasteiger partial charge in [0.15, 0.2) is 0 Å². The van der Waals surface area contributed by atoms with Crippen LogP contribution in [-0.4, -0.2) is 39.1 Å². The third-order valence-electron chi connectivity index (χ3n) is 4.39. The molecule has 6 nitrogen and oxygen atoms in total. The highest BCUT2D eigenvalue weighted by molar-refractivity contribution is 7.86. The van der Waals surface area contributed by atoms with E-state index in [9.17, 15) is 13.2 Å². The van der Waals surface area contributed by atoms with Gasteiger partial charge in [-0.1, -0.05) is 38.1 Å². The van der Waals surface area contributed by atoms with Crippen molar-refractivity contribution in [1.82, 2.24) is 4.90 Å². The summed E-state index contributed by atoms with van der Waals surface area (Å²) in [7, 11) is -1.95. The normalized spacial score (nSPS) is 11.3. The van der Waals surface area contributed by atoms with Crippen LogP contribution in [-0.2, 0) is 27.9 Å². The van der Waals surface area contributed by atoms with E-state index in [4.69, 9.17) is 8.92 Å². The molecule has 0 aliphatic carbocycles. The van der Waals surface area contributed by atoms with Gasteiger partial charge in [-0.2, -0.15) is 8.42 Å². The zero-order valence-electron chi connectivity index (χ0n) is 17.4. The second-order valence-electron chi connectivity index (χ2n) is 7.45. The van der Waals surface area contributed by atoms with Gasteiger partial charge in [-0.15, -0.1) is 0 Å². The van der Waals surface area contributed by atoms with E-state index < -0.39 is 10.1 Å². The first-order valence-electron chi connectivity index (χ1n) is 9.55. The van der Waals surface area contributed by atoms with Crippen molar-refractivity contribution < 1.29 is 22.1 Å². The predicted molar refractivity (Wildman–Crippen MR) is 113 cm³/mol. The van der Waals surface area contributed by atoms with Gasteiger partial charge in [0.2, 0.25) is 5.91 Å². The monoisotopic (exact) mass is 419 g/mol. The van der Waals surface area contributed by atoms with Crippen LogP contribution in [0.2, 0.25) is 0 Å². The summed E-state index contributed by atoms with van der Waals surface area (Å²) in [6.07, 6.45) is 2.23. The number of amides is 1. The van der Waals surface area contributed by atoms with E-state index in [1.165, 1.54) is 0 Å². The second kappa shape index (κ2) is 10.3. The number of benzene rings is 2. The lowest BCUT2D eigenvalue weighted by atomic mass is 10.1. The van der Waals surface area contributed by atoms with E-state index >= 15 is 0 Å². The van der Waals surface area contributed by atoms with Crippen LogP contribution in [0.1, 0.15) is 31.4 Å². The zero-order chi connectivity index (χ0) is 21.4. The van der Waals surface area contributed by atoms with Crippen molar-refractivity contribution in [3.8, 4) is 11.5 Å². The third kappa shape index (κ3) is 8.15. The molecule has 0 saturated carbocycles. The van der Waals surface area contributed by atoms with E-state index in [0.717, 1.165) is 29.6 Å². The number of rotatable bonds is 10.